The van der Waals surface area contributed by atoms with Crippen molar-refractivity contribution in [2.45, 2.75) is 129 Å². The number of likely N-dealkylation sites (tertiary alicyclic amines) is 2. The molecule has 0 aromatic heterocycles. The lowest BCUT2D eigenvalue weighted by Gasteiger charge is -2.37. The van der Waals surface area contributed by atoms with E-state index in [1.807, 2.05) is 34.7 Å². The van der Waals surface area contributed by atoms with Crippen molar-refractivity contribution in [3.05, 3.63) is 46.8 Å². The molecule has 0 aliphatic carbocycles. The minimum Gasteiger partial charge on any atom is -0.378 e. The van der Waals surface area contributed by atoms with Gasteiger partial charge in [-0.15, -0.1) is 0 Å². The van der Waals surface area contributed by atoms with Gasteiger partial charge in [-0.3, -0.25) is 24.4 Å². The number of carbonyl (C=O) groups excluding carboxylic acids is 4. The van der Waals surface area contributed by atoms with E-state index in [9.17, 15) is 19.2 Å². The van der Waals surface area contributed by atoms with Gasteiger partial charge in [0.25, 0.3) is 0 Å². The van der Waals surface area contributed by atoms with Crippen molar-refractivity contribution in [1.82, 2.24) is 24.9 Å². The van der Waals surface area contributed by atoms with Crippen molar-refractivity contribution in [3.63, 3.8) is 0 Å². The minimum absolute atomic E-state index is 0.00502. The Labute approximate surface area is 396 Å². The summed E-state index contributed by atoms with van der Waals surface area (Å²) in [6.45, 7) is 15.8. The highest BCUT2D eigenvalue weighted by Crippen LogP contribution is 2.56. The zero-order valence-corrected chi connectivity index (χ0v) is 40.3. The van der Waals surface area contributed by atoms with Gasteiger partial charge in [0.2, 0.25) is 17.7 Å². The Kier molecular flexibility index (Phi) is 13.6. The zero-order valence-electron chi connectivity index (χ0n) is 40.3. The smallest absolute Gasteiger partial charge is 0.318 e. The number of anilines is 1. The lowest BCUT2D eigenvalue weighted by Crippen LogP contribution is -2.57. The third-order valence-electron chi connectivity index (χ3n) is 16.4. The van der Waals surface area contributed by atoms with E-state index in [-0.39, 0.29) is 72.2 Å². The summed E-state index contributed by atoms with van der Waals surface area (Å²) in [4.78, 5) is 75.0. The van der Waals surface area contributed by atoms with Crippen LogP contribution in [0.5, 0.6) is 0 Å². The minimum atomic E-state index is -0.583. The molecule has 1 aromatic carbocycles. The number of hydrogen-bond donors (Lipinski definition) is 1. The third kappa shape index (κ3) is 9.21. The van der Waals surface area contributed by atoms with Gasteiger partial charge in [-0.05, 0) is 97.5 Å². The maximum atomic E-state index is 14.3. The predicted molar refractivity (Wildman–Crippen MR) is 257 cm³/mol. The van der Waals surface area contributed by atoms with E-state index in [4.69, 9.17) is 24.2 Å². The number of urea groups is 1. The summed E-state index contributed by atoms with van der Waals surface area (Å²) in [7, 11) is 0. The molecule has 0 saturated carbocycles. The Morgan fingerprint density at radius 1 is 0.672 bits per heavy atom. The fourth-order valence-electron chi connectivity index (χ4n) is 12.5. The number of ether oxygens (including phenoxy) is 3. The van der Waals surface area contributed by atoms with Crippen LogP contribution in [0.4, 0.5) is 10.5 Å². The molecular weight excluding hydrogens is 849 g/mol. The van der Waals surface area contributed by atoms with Gasteiger partial charge in [0.05, 0.1) is 50.7 Å². The van der Waals surface area contributed by atoms with E-state index in [2.05, 4.69) is 42.4 Å². The molecule has 3 unspecified atom stereocenters. The first kappa shape index (κ1) is 46.1. The summed E-state index contributed by atoms with van der Waals surface area (Å²) >= 11 is 0. The van der Waals surface area contributed by atoms with Crippen molar-refractivity contribution in [2.24, 2.45) is 33.7 Å². The molecule has 1 N–H and O–H groups in total. The molecule has 6 fully saturated rings. The second kappa shape index (κ2) is 19.8. The number of morpholine rings is 2. The van der Waals surface area contributed by atoms with Gasteiger partial charge < -0.3 is 44.0 Å². The molecule has 0 spiro atoms. The molecule has 2 bridgehead atoms. The second-order valence-electron chi connectivity index (χ2n) is 21.1. The maximum Gasteiger partial charge on any atom is 0.318 e. The molecule has 15 nitrogen and oxygen atoms in total. The highest BCUT2D eigenvalue weighted by atomic mass is 16.5. The summed E-state index contributed by atoms with van der Waals surface area (Å²) in [6.07, 6.45) is 14.0. The van der Waals surface area contributed by atoms with Crippen LogP contribution in [-0.4, -0.2) is 152 Å². The Morgan fingerprint density at radius 3 is 1.94 bits per heavy atom. The van der Waals surface area contributed by atoms with Crippen LogP contribution in [0, 0.1) is 23.7 Å². The van der Waals surface area contributed by atoms with E-state index in [1.165, 1.54) is 33.5 Å². The van der Waals surface area contributed by atoms with E-state index >= 15 is 0 Å². The average molecular weight is 921 g/mol. The monoisotopic (exact) mass is 921 g/mol. The van der Waals surface area contributed by atoms with Crippen molar-refractivity contribution in [3.8, 4) is 0 Å². The maximum absolute atomic E-state index is 14.3. The molecule has 10 rings (SSSR count). The van der Waals surface area contributed by atoms with Crippen LogP contribution in [-0.2, 0) is 28.6 Å². The average Bonchev–Trinajstić information content (AvgIpc) is 4.22. The van der Waals surface area contributed by atoms with Crippen LogP contribution in [0.2, 0.25) is 0 Å². The quantitative estimate of drug-likeness (QED) is 0.257. The van der Waals surface area contributed by atoms with E-state index < -0.39 is 6.04 Å². The lowest BCUT2D eigenvalue weighted by molar-refractivity contribution is -0.144. The fraction of sp³-hybridized carbons (Fsp3) is 0.692. The first-order valence-electron chi connectivity index (χ1n) is 25.7. The van der Waals surface area contributed by atoms with Gasteiger partial charge in [0, 0.05) is 113 Å². The molecule has 15 heteroatoms. The predicted octanol–water partition coefficient (Wildman–Crippen LogP) is 6.29. The Hall–Kier alpha value is -4.60. The van der Waals surface area contributed by atoms with Crippen molar-refractivity contribution in [1.29, 1.82) is 0 Å². The molecule has 362 valence electrons. The number of amides is 5. The Bertz CT molecular complexity index is 2200. The van der Waals surface area contributed by atoms with E-state index in [1.54, 1.807) is 4.90 Å². The fourth-order valence-corrected chi connectivity index (χ4v) is 12.5. The molecular formula is C52H72N8O7. The molecule has 0 radical (unpaired) electrons. The number of nitrogens with one attached hydrogen (secondary N) is 1. The number of hydrogen-bond acceptors (Lipinski definition) is 10. The van der Waals surface area contributed by atoms with Gasteiger partial charge in [-0.25, -0.2) is 4.79 Å². The van der Waals surface area contributed by atoms with Crippen LogP contribution < -0.4 is 10.2 Å². The Balaban J connectivity index is 0.756. The highest BCUT2D eigenvalue weighted by Gasteiger charge is 2.45. The molecule has 9 aliphatic rings. The molecule has 6 atom stereocenters. The van der Waals surface area contributed by atoms with Crippen LogP contribution in [0.15, 0.2) is 40.1 Å². The SMILES string of the molecule is CC(C)[C@H](CC(=O)N1CCOCC1)C(=O)N1CCCC1C1=NC=C(c2ccc(N3CCC(C4=CN=C([C@@H]5CCCN5C(=O)[C@@H](NC(=O)N5CCOCC5)C(C)C)C4)CC3)c3c2C2CCC3O2)C1. The van der Waals surface area contributed by atoms with Crippen molar-refractivity contribution < 1.29 is 33.4 Å². The molecule has 6 saturated heterocycles. The van der Waals surface area contributed by atoms with E-state index in [0.717, 1.165) is 88.7 Å². The standard InChI is InChI=1S/C52H72N8O7/c1-32(2)38(29-46(61)57-19-23-65-24-20-57)50(62)59-15-5-7-41(59)40-28-36(31-54-40)37-9-10-43(48-45-12-11-44(67-45)47(37)48)56-17-13-34(14-18-56)35-27-39(53-30-35)42-8-6-16-60(42)51(63)49(33(3)4)55-52(64)58-21-25-66-26-22-58/h9-10,30-34,38,41-42,44-45,49H,5-8,11-29H2,1-4H3,(H,55,64)/t38-,41?,42-,44?,45?,49-/m0/s1. The summed E-state index contributed by atoms with van der Waals surface area (Å²) in [5.74, 6) is 0.240. The van der Waals surface area contributed by atoms with Crippen LogP contribution in [0.25, 0.3) is 5.57 Å². The van der Waals surface area contributed by atoms with Gasteiger partial charge in [-0.2, -0.15) is 0 Å². The first-order valence-corrected chi connectivity index (χ1v) is 25.7. The van der Waals surface area contributed by atoms with Crippen molar-refractivity contribution >= 4 is 46.4 Å². The molecule has 9 heterocycles. The number of nitrogens with zero attached hydrogens (tertiary/aromatic N) is 7. The van der Waals surface area contributed by atoms with Gasteiger partial charge in [0.15, 0.2) is 0 Å². The van der Waals surface area contributed by atoms with Gasteiger partial charge in [0.1, 0.15) is 6.04 Å². The van der Waals surface area contributed by atoms with Crippen molar-refractivity contribution in [2.75, 3.05) is 83.7 Å². The summed E-state index contributed by atoms with van der Waals surface area (Å²) in [5.41, 5.74) is 9.98. The normalized spacial score (nSPS) is 27.4. The Morgan fingerprint density at radius 2 is 1.28 bits per heavy atom. The topological polar surface area (TPSA) is 149 Å². The van der Waals surface area contributed by atoms with Gasteiger partial charge >= 0.3 is 6.03 Å². The summed E-state index contributed by atoms with van der Waals surface area (Å²) in [6, 6.07) is 3.79. The van der Waals surface area contributed by atoms with Crippen LogP contribution in [0.3, 0.4) is 0 Å². The first-order chi connectivity index (χ1) is 32.5. The van der Waals surface area contributed by atoms with Crippen LogP contribution in [0.1, 0.15) is 127 Å². The second-order valence-corrected chi connectivity index (χ2v) is 21.1. The molecule has 67 heavy (non-hydrogen) atoms. The highest BCUT2D eigenvalue weighted by molar-refractivity contribution is 6.04. The van der Waals surface area contributed by atoms with E-state index in [0.29, 0.717) is 71.6 Å². The van der Waals surface area contributed by atoms with Crippen LogP contribution >= 0.6 is 0 Å². The summed E-state index contributed by atoms with van der Waals surface area (Å²) in [5, 5.41) is 3.07. The third-order valence-corrected chi connectivity index (χ3v) is 16.4. The summed E-state index contributed by atoms with van der Waals surface area (Å²) < 4.78 is 17.6. The number of rotatable bonds is 12. The zero-order chi connectivity index (χ0) is 46.3. The molecule has 9 aliphatic heterocycles. The number of aliphatic imine (C=N–C) groups is 2. The number of carbonyl (C=O) groups is 4. The largest absolute Gasteiger partial charge is 0.378 e. The van der Waals surface area contributed by atoms with Gasteiger partial charge in [-0.1, -0.05) is 33.8 Å². The lowest BCUT2D eigenvalue weighted by atomic mass is 9.82. The number of allylic oxidation sites excluding steroid dienone is 2. The number of piperidine rings is 1. The molecule has 5 amide bonds. The molecule has 1 aromatic rings. The number of fused-ring (bicyclic) bond motifs is 5. The number of benzene rings is 1.